The van der Waals surface area contributed by atoms with Gasteiger partial charge in [0.1, 0.15) is 17.7 Å². The van der Waals surface area contributed by atoms with Gasteiger partial charge in [0, 0.05) is 28.1 Å². The number of halogens is 1. The van der Waals surface area contributed by atoms with Crippen molar-refractivity contribution in [3.05, 3.63) is 112 Å². The zero-order valence-electron chi connectivity index (χ0n) is 16.9. The van der Waals surface area contributed by atoms with Crippen molar-refractivity contribution in [1.29, 1.82) is 0 Å². The summed E-state index contributed by atoms with van der Waals surface area (Å²) in [6.45, 7) is 0.241. The number of rotatable bonds is 4. The molecule has 3 aromatic rings. The van der Waals surface area contributed by atoms with Gasteiger partial charge in [0.2, 0.25) is 0 Å². The second kappa shape index (κ2) is 8.43. The second-order valence-corrected chi connectivity index (χ2v) is 8.28. The Balaban J connectivity index is 1.48. The highest BCUT2D eigenvalue weighted by molar-refractivity contribution is 9.10. The van der Waals surface area contributed by atoms with Crippen LogP contribution in [0.3, 0.4) is 0 Å². The Morgan fingerprint density at radius 3 is 2.62 bits per heavy atom. The van der Waals surface area contributed by atoms with E-state index >= 15 is 0 Å². The number of nitrogens with one attached hydrogen (secondary N) is 1. The summed E-state index contributed by atoms with van der Waals surface area (Å²) >= 11 is 3.40. The maximum Gasteiger partial charge on any atom is 0.251 e. The Labute approximate surface area is 193 Å². The van der Waals surface area contributed by atoms with Gasteiger partial charge in [-0.1, -0.05) is 30.3 Å². The first-order valence-corrected chi connectivity index (χ1v) is 10.9. The third kappa shape index (κ3) is 3.83. The Morgan fingerprint density at radius 1 is 1.06 bits per heavy atom. The smallest absolute Gasteiger partial charge is 0.251 e. The Kier molecular flexibility index (Phi) is 5.33. The molecule has 1 unspecified atom stereocenters. The van der Waals surface area contributed by atoms with Gasteiger partial charge < -0.3 is 15.0 Å². The number of hydrogen-bond acceptors (Lipinski definition) is 5. The highest BCUT2D eigenvalue weighted by atomic mass is 79.9. The number of anilines is 1. The van der Waals surface area contributed by atoms with Crippen molar-refractivity contribution in [2.24, 2.45) is 0 Å². The van der Waals surface area contributed by atoms with Crippen LogP contribution in [0.15, 0.2) is 101 Å². The lowest BCUT2D eigenvalue weighted by Crippen LogP contribution is -2.39. The predicted molar refractivity (Wildman–Crippen MR) is 125 cm³/mol. The molecule has 0 saturated carbocycles. The number of amides is 1. The number of nitrogens with zero attached hydrogens (tertiary/aromatic N) is 2. The van der Waals surface area contributed by atoms with Gasteiger partial charge in [0.25, 0.3) is 5.91 Å². The minimum Gasteiger partial charge on any atom is -0.481 e. The van der Waals surface area contributed by atoms with E-state index in [1.807, 2.05) is 53.4 Å². The molecule has 0 bridgehead atoms. The maximum absolute atomic E-state index is 13.1. The van der Waals surface area contributed by atoms with E-state index < -0.39 is 6.10 Å². The van der Waals surface area contributed by atoms with Crippen LogP contribution in [0.2, 0.25) is 0 Å². The number of ether oxygens (including phenoxy) is 1. The number of benzene rings is 2. The van der Waals surface area contributed by atoms with Crippen molar-refractivity contribution in [3.63, 3.8) is 0 Å². The van der Waals surface area contributed by atoms with Crippen LogP contribution in [-0.4, -0.2) is 29.3 Å². The quantitative estimate of drug-likeness (QED) is 0.586. The van der Waals surface area contributed by atoms with E-state index in [0.29, 0.717) is 28.3 Å². The Hall–Kier alpha value is -3.71. The molecule has 158 valence electrons. The van der Waals surface area contributed by atoms with Crippen LogP contribution in [-0.2, 0) is 0 Å². The third-order valence-corrected chi connectivity index (χ3v) is 5.77. The molecule has 3 heterocycles. The number of ketones is 1. The molecule has 32 heavy (non-hydrogen) atoms. The van der Waals surface area contributed by atoms with E-state index in [0.717, 1.165) is 10.2 Å². The van der Waals surface area contributed by atoms with Gasteiger partial charge in [-0.3, -0.25) is 9.59 Å². The molecule has 0 radical (unpaired) electrons. The summed E-state index contributed by atoms with van der Waals surface area (Å²) in [6, 6.07) is 20.0. The summed E-state index contributed by atoms with van der Waals surface area (Å²) in [5, 5.41) is 2.95. The minimum atomic E-state index is -0.535. The van der Waals surface area contributed by atoms with E-state index in [-0.39, 0.29) is 18.2 Å². The molecule has 2 aliphatic rings. The fraction of sp³-hybridized carbons (Fsp3) is 0.0800. The summed E-state index contributed by atoms with van der Waals surface area (Å²) in [4.78, 5) is 32.0. The topological polar surface area (TPSA) is 71.5 Å². The average molecular weight is 488 g/mol. The van der Waals surface area contributed by atoms with E-state index in [1.54, 1.807) is 36.7 Å². The number of hydrogen-bond donors (Lipinski definition) is 1. The van der Waals surface area contributed by atoms with E-state index in [4.69, 9.17) is 4.74 Å². The average Bonchev–Trinajstić information content (AvgIpc) is 2.83. The van der Waals surface area contributed by atoms with Gasteiger partial charge in [0.05, 0.1) is 17.7 Å². The van der Waals surface area contributed by atoms with Crippen LogP contribution >= 0.6 is 15.9 Å². The van der Waals surface area contributed by atoms with Crippen molar-refractivity contribution in [2.45, 2.75) is 6.10 Å². The monoisotopic (exact) mass is 487 g/mol. The van der Waals surface area contributed by atoms with Crippen LogP contribution in [0, 0.1) is 0 Å². The molecule has 0 spiro atoms. The molecule has 0 aliphatic carbocycles. The molecule has 2 aromatic carbocycles. The summed E-state index contributed by atoms with van der Waals surface area (Å²) in [6.07, 6.45) is 4.77. The lowest BCUT2D eigenvalue weighted by atomic mass is 9.93. The highest BCUT2D eigenvalue weighted by Crippen LogP contribution is 2.35. The van der Waals surface area contributed by atoms with Crippen LogP contribution < -0.4 is 15.0 Å². The zero-order chi connectivity index (χ0) is 22.1. The SMILES string of the molecule is O=C(NCC1=CC2Oc3ccccc3C(=O)C2=CN1c1ccc(Br)cn1)c1ccccc1. The first kappa shape index (κ1) is 20.2. The van der Waals surface area contributed by atoms with Crippen LogP contribution in [0.25, 0.3) is 0 Å². The first-order chi connectivity index (χ1) is 15.6. The molecule has 7 heteroatoms. The van der Waals surface area contributed by atoms with Crippen molar-refractivity contribution in [3.8, 4) is 5.75 Å². The number of para-hydroxylation sites is 1. The lowest BCUT2D eigenvalue weighted by molar-refractivity contribution is 0.0950. The van der Waals surface area contributed by atoms with Crippen LogP contribution in [0.4, 0.5) is 5.82 Å². The summed E-state index contributed by atoms with van der Waals surface area (Å²) in [7, 11) is 0. The molecule has 1 atom stereocenters. The van der Waals surface area contributed by atoms with Gasteiger partial charge in [-0.2, -0.15) is 0 Å². The van der Waals surface area contributed by atoms with Crippen molar-refractivity contribution >= 4 is 33.4 Å². The first-order valence-electron chi connectivity index (χ1n) is 10.1. The number of aromatic nitrogens is 1. The minimum absolute atomic E-state index is 0.0809. The van der Waals surface area contributed by atoms with Crippen molar-refractivity contribution < 1.29 is 14.3 Å². The number of Topliss-reactive ketones (excluding diaryl/α,β-unsaturated/α-hetero) is 1. The van der Waals surface area contributed by atoms with E-state index in [9.17, 15) is 9.59 Å². The zero-order valence-corrected chi connectivity index (χ0v) is 18.5. The lowest BCUT2D eigenvalue weighted by Gasteiger charge is -2.34. The van der Waals surface area contributed by atoms with Crippen LogP contribution in [0.1, 0.15) is 20.7 Å². The van der Waals surface area contributed by atoms with Gasteiger partial charge in [0.15, 0.2) is 5.78 Å². The van der Waals surface area contributed by atoms with E-state index in [2.05, 4.69) is 26.2 Å². The maximum atomic E-state index is 13.1. The highest BCUT2D eigenvalue weighted by Gasteiger charge is 2.35. The van der Waals surface area contributed by atoms with Crippen LogP contribution in [0.5, 0.6) is 5.75 Å². The third-order valence-electron chi connectivity index (χ3n) is 5.30. The molecule has 1 amide bonds. The summed E-state index contributed by atoms with van der Waals surface area (Å²) in [5.74, 6) is 0.920. The van der Waals surface area contributed by atoms with Gasteiger partial charge in [-0.25, -0.2) is 4.98 Å². The molecule has 2 aliphatic heterocycles. The van der Waals surface area contributed by atoms with E-state index in [1.165, 1.54) is 0 Å². The normalized spacial score (nSPS) is 16.8. The fourth-order valence-corrected chi connectivity index (χ4v) is 3.94. The number of carbonyl (C=O) groups is 2. The Bertz CT molecular complexity index is 1250. The number of fused-ring (bicyclic) bond motifs is 2. The number of pyridine rings is 1. The van der Waals surface area contributed by atoms with Gasteiger partial charge in [-0.05, 0) is 58.4 Å². The largest absolute Gasteiger partial charge is 0.481 e. The second-order valence-electron chi connectivity index (χ2n) is 7.36. The van der Waals surface area contributed by atoms with Gasteiger partial charge in [-0.15, -0.1) is 0 Å². The molecule has 1 aromatic heterocycles. The standard InChI is InChI=1S/C25H18BrN3O3/c26-17-10-11-23(27-13-17)29-15-20-22(32-21-9-5-4-8-19(21)24(20)30)12-18(29)14-28-25(31)16-6-2-1-3-7-16/h1-13,15,22H,14H2,(H,28,31). The molecule has 0 saturated heterocycles. The van der Waals surface area contributed by atoms with Gasteiger partial charge >= 0.3 is 0 Å². The predicted octanol–water partition coefficient (Wildman–Crippen LogP) is 4.51. The summed E-state index contributed by atoms with van der Waals surface area (Å²) < 4.78 is 6.94. The van der Waals surface area contributed by atoms with Crippen molar-refractivity contribution in [1.82, 2.24) is 10.3 Å². The van der Waals surface area contributed by atoms with Crippen molar-refractivity contribution in [2.75, 3.05) is 11.4 Å². The molecule has 0 fully saturated rings. The fourth-order valence-electron chi connectivity index (χ4n) is 3.71. The number of carbonyl (C=O) groups excluding carboxylic acids is 2. The molecular weight excluding hydrogens is 470 g/mol. The Morgan fingerprint density at radius 2 is 1.84 bits per heavy atom. The molecular formula is C25H18BrN3O3. The molecule has 6 nitrogen and oxygen atoms in total. The summed E-state index contributed by atoms with van der Waals surface area (Å²) in [5.41, 5.74) is 2.39. The molecule has 5 rings (SSSR count). The molecule has 1 N–H and O–H groups in total.